The summed E-state index contributed by atoms with van der Waals surface area (Å²) in [6.45, 7) is 0. The van der Waals surface area contributed by atoms with E-state index in [-0.39, 0.29) is 17.0 Å². The Hall–Kier alpha value is -2.21. The summed E-state index contributed by atoms with van der Waals surface area (Å²) >= 11 is 3.22. The molecule has 3 nitrogen and oxygen atoms in total. The predicted octanol–water partition coefficient (Wildman–Crippen LogP) is 4.39. The van der Waals surface area contributed by atoms with E-state index in [0.29, 0.717) is 4.47 Å². The number of methoxy groups -OCH3 is 1. The second-order valence-corrected chi connectivity index (χ2v) is 5.25. The highest BCUT2D eigenvalue weighted by molar-refractivity contribution is 9.10. The molecule has 0 atom stereocenters. The molecule has 114 valence electrons. The second-order valence-electron chi connectivity index (χ2n) is 4.34. The number of anilines is 1. The van der Waals surface area contributed by atoms with Gasteiger partial charge >= 0.3 is 0 Å². The van der Waals surface area contributed by atoms with Gasteiger partial charge < -0.3 is 10.1 Å². The summed E-state index contributed by atoms with van der Waals surface area (Å²) in [6, 6.07) is 8.46. The monoisotopic (exact) mass is 367 g/mol. The molecule has 1 N–H and O–H groups in total. The fourth-order valence-electron chi connectivity index (χ4n) is 1.74. The molecule has 0 aromatic heterocycles. The number of hydrogen-bond donors (Lipinski definition) is 1. The van der Waals surface area contributed by atoms with Gasteiger partial charge in [-0.15, -0.1) is 0 Å². The first-order chi connectivity index (χ1) is 10.5. The van der Waals surface area contributed by atoms with Gasteiger partial charge in [0.25, 0.3) is 0 Å². The molecule has 0 aliphatic heterocycles. The third kappa shape index (κ3) is 4.14. The second kappa shape index (κ2) is 7.17. The smallest absolute Gasteiger partial charge is 0.248 e. The number of ether oxygens (including phenoxy) is 1. The largest absolute Gasteiger partial charge is 0.494 e. The lowest BCUT2D eigenvalue weighted by molar-refractivity contribution is -0.111. The Kier molecular flexibility index (Phi) is 5.27. The van der Waals surface area contributed by atoms with Crippen LogP contribution in [0.2, 0.25) is 0 Å². The molecule has 0 saturated heterocycles. The van der Waals surface area contributed by atoms with E-state index in [9.17, 15) is 13.6 Å². The quantitative estimate of drug-likeness (QED) is 0.813. The highest BCUT2D eigenvalue weighted by atomic mass is 79.9. The molecule has 0 unspecified atom stereocenters. The van der Waals surface area contributed by atoms with Gasteiger partial charge in [-0.05, 0) is 36.4 Å². The zero-order valence-electron chi connectivity index (χ0n) is 11.6. The van der Waals surface area contributed by atoms with Gasteiger partial charge in [-0.2, -0.15) is 0 Å². The van der Waals surface area contributed by atoms with Gasteiger partial charge in [0.05, 0.1) is 7.11 Å². The molecule has 2 aromatic carbocycles. The topological polar surface area (TPSA) is 38.3 Å². The lowest BCUT2D eigenvalue weighted by Crippen LogP contribution is -2.08. The van der Waals surface area contributed by atoms with Gasteiger partial charge in [0.15, 0.2) is 11.6 Å². The van der Waals surface area contributed by atoms with E-state index < -0.39 is 17.5 Å². The van der Waals surface area contributed by atoms with Crippen molar-refractivity contribution in [2.45, 2.75) is 0 Å². The van der Waals surface area contributed by atoms with Gasteiger partial charge in [-0.3, -0.25) is 4.79 Å². The summed E-state index contributed by atoms with van der Waals surface area (Å²) < 4.78 is 32.5. The van der Waals surface area contributed by atoms with Crippen molar-refractivity contribution in [1.29, 1.82) is 0 Å². The normalized spacial score (nSPS) is 10.7. The van der Waals surface area contributed by atoms with Gasteiger partial charge in [0.1, 0.15) is 5.82 Å². The van der Waals surface area contributed by atoms with E-state index in [2.05, 4.69) is 21.2 Å². The summed E-state index contributed by atoms with van der Waals surface area (Å²) in [7, 11) is 1.35. The SMILES string of the molecule is COc1ccc(NC(=O)/C=C/c2cc(Br)ccc2F)cc1F. The summed E-state index contributed by atoms with van der Waals surface area (Å²) in [6.07, 6.45) is 2.52. The van der Waals surface area contributed by atoms with Crippen LogP contribution in [0.25, 0.3) is 6.08 Å². The number of rotatable bonds is 4. The number of halogens is 3. The zero-order valence-corrected chi connectivity index (χ0v) is 13.2. The standard InChI is InChI=1S/C16H12BrF2NO2/c1-22-15-6-4-12(9-14(15)19)20-16(21)7-2-10-8-11(17)3-5-13(10)18/h2-9H,1H3,(H,20,21)/b7-2+. The van der Waals surface area contributed by atoms with Gasteiger partial charge in [-0.25, -0.2) is 8.78 Å². The van der Waals surface area contributed by atoms with Crippen LogP contribution in [-0.2, 0) is 4.79 Å². The first-order valence-electron chi connectivity index (χ1n) is 6.27. The number of hydrogen-bond acceptors (Lipinski definition) is 2. The fourth-order valence-corrected chi connectivity index (χ4v) is 2.11. The van der Waals surface area contributed by atoms with Crippen LogP contribution in [-0.4, -0.2) is 13.0 Å². The summed E-state index contributed by atoms with van der Waals surface area (Å²) in [5, 5.41) is 2.48. The van der Waals surface area contributed by atoms with Gasteiger partial charge in [0, 0.05) is 27.9 Å². The van der Waals surface area contributed by atoms with Crippen LogP contribution in [0.5, 0.6) is 5.75 Å². The van der Waals surface area contributed by atoms with E-state index >= 15 is 0 Å². The number of carbonyl (C=O) groups excluding carboxylic acids is 1. The maximum atomic E-state index is 13.5. The number of nitrogens with one attached hydrogen (secondary N) is 1. The van der Waals surface area contributed by atoms with Crippen molar-refractivity contribution in [3.8, 4) is 5.75 Å². The van der Waals surface area contributed by atoms with Crippen LogP contribution in [0.4, 0.5) is 14.5 Å². The molecule has 1 amide bonds. The highest BCUT2D eigenvalue weighted by Crippen LogP contribution is 2.21. The van der Waals surface area contributed by atoms with Crippen molar-refractivity contribution in [2.75, 3.05) is 12.4 Å². The molecule has 0 saturated carbocycles. The first-order valence-corrected chi connectivity index (χ1v) is 7.06. The van der Waals surface area contributed by atoms with Crippen molar-refractivity contribution in [1.82, 2.24) is 0 Å². The summed E-state index contributed by atoms with van der Waals surface area (Å²) in [5.41, 5.74) is 0.549. The Morgan fingerprint density at radius 1 is 1.18 bits per heavy atom. The molecule has 6 heteroatoms. The Morgan fingerprint density at radius 3 is 2.64 bits per heavy atom. The summed E-state index contributed by atoms with van der Waals surface area (Å²) in [4.78, 5) is 11.8. The van der Waals surface area contributed by atoms with Crippen molar-refractivity contribution in [2.24, 2.45) is 0 Å². The van der Waals surface area contributed by atoms with Crippen LogP contribution in [0.3, 0.4) is 0 Å². The Balaban J connectivity index is 2.08. The van der Waals surface area contributed by atoms with Crippen LogP contribution in [0.1, 0.15) is 5.56 Å². The Labute approximate surface area is 134 Å². The molecule has 0 heterocycles. The molecule has 2 aromatic rings. The Morgan fingerprint density at radius 2 is 1.95 bits per heavy atom. The average Bonchev–Trinajstić information content (AvgIpc) is 2.48. The number of amides is 1. The maximum absolute atomic E-state index is 13.5. The lowest BCUT2D eigenvalue weighted by atomic mass is 10.2. The molecule has 2 rings (SSSR count). The third-order valence-corrected chi connectivity index (χ3v) is 3.28. The average molecular weight is 368 g/mol. The highest BCUT2D eigenvalue weighted by Gasteiger charge is 2.05. The van der Waals surface area contributed by atoms with E-state index in [0.717, 1.165) is 6.07 Å². The molecule has 0 aliphatic rings. The lowest BCUT2D eigenvalue weighted by Gasteiger charge is -2.05. The number of benzene rings is 2. The van der Waals surface area contributed by atoms with Gasteiger partial charge in [-0.1, -0.05) is 15.9 Å². The molecule has 22 heavy (non-hydrogen) atoms. The molecular weight excluding hydrogens is 356 g/mol. The summed E-state index contributed by atoms with van der Waals surface area (Å²) in [5.74, 6) is -1.43. The van der Waals surface area contributed by atoms with E-state index in [1.165, 1.54) is 37.5 Å². The van der Waals surface area contributed by atoms with Gasteiger partial charge in [0.2, 0.25) is 5.91 Å². The minimum atomic E-state index is -0.581. The first kappa shape index (κ1) is 16.2. The zero-order chi connectivity index (χ0) is 16.1. The minimum Gasteiger partial charge on any atom is -0.494 e. The van der Waals surface area contributed by atoms with Crippen molar-refractivity contribution in [3.05, 3.63) is 64.1 Å². The van der Waals surface area contributed by atoms with E-state index in [4.69, 9.17) is 4.74 Å². The molecule has 0 radical (unpaired) electrons. The maximum Gasteiger partial charge on any atom is 0.248 e. The third-order valence-electron chi connectivity index (χ3n) is 2.79. The predicted molar refractivity (Wildman–Crippen MR) is 84.7 cm³/mol. The van der Waals surface area contributed by atoms with Crippen LogP contribution in [0, 0.1) is 11.6 Å². The molecule has 0 spiro atoms. The van der Waals surface area contributed by atoms with Crippen LogP contribution >= 0.6 is 15.9 Å². The fraction of sp³-hybridized carbons (Fsp3) is 0.0625. The minimum absolute atomic E-state index is 0.0877. The molecular formula is C16H12BrF2NO2. The van der Waals surface area contributed by atoms with E-state index in [1.807, 2.05) is 0 Å². The van der Waals surface area contributed by atoms with E-state index in [1.54, 1.807) is 12.1 Å². The van der Waals surface area contributed by atoms with Crippen molar-refractivity contribution >= 4 is 33.6 Å². The van der Waals surface area contributed by atoms with Crippen LogP contribution in [0.15, 0.2) is 46.9 Å². The van der Waals surface area contributed by atoms with Crippen molar-refractivity contribution in [3.63, 3.8) is 0 Å². The number of carbonyl (C=O) groups is 1. The molecule has 0 aliphatic carbocycles. The van der Waals surface area contributed by atoms with Crippen LogP contribution < -0.4 is 10.1 Å². The van der Waals surface area contributed by atoms with Crippen molar-refractivity contribution < 1.29 is 18.3 Å². The molecule has 0 fully saturated rings. The Bertz CT molecular complexity index is 732. The molecule has 0 bridgehead atoms.